The minimum absolute atomic E-state index is 0.0245. The van der Waals surface area contributed by atoms with Crippen LogP contribution in [0.25, 0.3) is 0 Å². The molecule has 25 heavy (non-hydrogen) atoms. The molecule has 0 spiro atoms. The van der Waals surface area contributed by atoms with Crippen LogP contribution in [0.2, 0.25) is 5.02 Å². The van der Waals surface area contributed by atoms with Gasteiger partial charge in [-0.25, -0.2) is 8.42 Å². The molecule has 1 saturated heterocycles. The molecule has 6 nitrogen and oxygen atoms in total. The fourth-order valence-corrected chi connectivity index (χ4v) is 5.47. The second-order valence-corrected chi connectivity index (χ2v) is 10.0. The van der Waals surface area contributed by atoms with Crippen molar-refractivity contribution in [3.63, 3.8) is 0 Å². The van der Waals surface area contributed by atoms with E-state index in [0.29, 0.717) is 34.5 Å². The molecular formula is C16H17ClN2O4S2. The topological polar surface area (TPSA) is 90.1 Å². The Bertz CT molecular complexity index is 865. The zero-order chi connectivity index (χ0) is 18.0. The van der Waals surface area contributed by atoms with Crippen molar-refractivity contribution in [3.8, 4) is 0 Å². The van der Waals surface area contributed by atoms with E-state index in [0.717, 1.165) is 0 Å². The minimum Gasteiger partial charge on any atom is -0.416 e. The van der Waals surface area contributed by atoms with Gasteiger partial charge in [-0.3, -0.25) is 4.79 Å². The molecular weight excluding hydrogens is 384 g/mol. The predicted octanol–water partition coefficient (Wildman–Crippen LogP) is 3.06. The molecule has 1 aliphatic rings. The van der Waals surface area contributed by atoms with Gasteiger partial charge in [0.2, 0.25) is 5.89 Å². The molecule has 2 aromatic rings. The molecule has 0 amide bonds. The summed E-state index contributed by atoms with van der Waals surface area (Å²) >= 11 is 7.02. The number of rotatable bonds is 6. The highest BCUT2D eigenvalue weighted by Crippen LogP contribution is 2.27. The van der Waals surface area contributed by atoms with Gasteiger partial charge < -0.3 is 4.42 Å². The van der Waals surface area contributed by atoms with Crippen molar-refractivity contribution in [1.29, 1.82) is 0 Å². The molecule has 2 unspecified atom stereocenters. The van der Waals surface area contributed by atoms with Crippen LogP contribution in [0, 0.1) is 5.92 Å². The lowest BCUT2D eigenvalue weighted by molar-refractivity contribution is 0.0993. The summed E-state index contributed by atoms with van der Waals surface area (Å²) in [6.45, 7) is 1.77. The summed E-state index contributed by atoms with van der Waals surface area (Å²) in [6.07, 6.45) is 1.07. The Morgan fingerprint density at radius 1 is 1.36 bits per heavy atom. The van der Waals surface area contributed by atoms with E-state index < -0.39 is 9.84 Å². The first-order valence-corrected chi connectivity index (χ1v) is 10.9. The molecule has 0 saturated carbocycles. The molecule has 1 aromatic carbocycles. The van der Waals surface area contributed by atoms with Crippen LogP contribution in [0.4, 0.5) is 0 Å². The molecule has 0 radical (unpaired) electrons. The van der Waals surface area contributed by atoms with E-state index in [-0.39, 0.29) is 28.5 Å². The molecule has 0 N–H and O–H groups in total. The zero-order valence-electron chi connectivity index (χ0n) is 13.5. The molecule has 134 valence electrons. The van der Waals surface area contributed by atoms with Crippen LogP contribution in [0.5, 0.6) is 0 Å². The highest BCUT2D eigenvalue weighted by atomic mass is 35.5. The van der Waals surface area contributed by atoms with Crippen LogP contribution in [0.15, 0.2) is 33.9 Å². The number of Topliss-reactive ketones (excluding diaryl/α,β-unsaturated/α-hetero) is 1. The Balaban J connectivity index is 1.59. The largest absolute Gasteiger partial charge is 0.416 e. The van der Waals surface area contributed by atoms with Crippen LogP contribution in [-0.2, 0) is 16.3 Å². The number of ketones is 1. The Morgan fingerprint density at radius 2 is 2.08 bits per heavy atom. The zero-order valence-corrected chi connectivity index (χ0v) is 15.9. The van der Waals surface area contributed by atoms with E-state index >= 15 is 0 Å². The summed E-state index contributed by atoms with van der Waals surface area (Å²) in [5.41, 5.74) is 0.570. The number of carbonyl (C=O) groups excluding carboxylic acids is 1. The maximum absolute atomic E-state index is 12.4. The average molecular weight is 401 g/mol. The van der Waals surface area contributed by atoms with Crippen LogP contribution < -0.4 is 0 Å². The number of aromatic nitrogens is 2. The van der Waals surface area contributed by atoms with Crippen LogP contribution in [0.3, 0.4) is 0 Å². The fraction of sp³-hybridized carbons (Fsp3) is 0.438. The van der Waals surface area contributed by atoms with E-state index in [1.807, 2.05) is 0 Å². The van der Waals surface area contributed by atoms with Crippen molar-refractivity contribution < 1.29 is 17.6 Å². The van der Waals surface area contributed by atoms with E-state index in [9.17, 15) is 13.2 Å². The summed E-state index contributed by atoms with van der Waals surface area (Å²) in [5, 5.41) is 8.41. The number of hydrogen-bond acceptors (Lipinski definition) is 7. The van der Waals surface area contributed by atoms with Gasteiger partial charge in [0.15, 0.2) is 15.6 Å². The smallest absolute Gasteiger partial charge is 0.277 e. The maximum Gasteiger partial charge on any atom is 0.277 e. The lowest BCUT2D eigenvalue weighted by atomic mass is 10.1. The van der Waals surface area contributed by atoms with Crippen molar-refractivity contribution in [2.45, 2.75) is 30.2 Å². The molecule has 0 aliphatic carbocycles. The predicted molar refractivity (Wildman–Crippen MR) is 95.9 cm³/mol. The van der Waals surface area contributed by atoms with Crippen molar-refractivity contribution in [3.05, 3.63) is 40.7 Å². The van der Waals surface area contributed by atoms with Crippen molar-refractivity contribution in [2.75, 3.05) is 11.5 Å². The maximum atomic E-state index is 12.4. The lowest BCUT2D eigenvalue weighted by Crippen LogP contribution is -2.13. The van der Waals surface area contributed by atoms with Crippen LogP contribution in [0.1, 0.15) is 29.6 Å². The summed E-state index contributed by atoms with van der Waals surface area (Å²) in [4.78, 5) is 12.4. The molecule has 3 rings (SSSR count). The third-order valence-electron chi connectivity index (χ3n) is 4.01. The highest BCUT2D eigenvalue weighted by molar-refractivity contribution is 8.00. The first-order chi connectivity index (χ1) is 11.8. The number of hydrogen-bond donors (Lipinski definition) is 0. The number of thioether (sulfide) groups is 1. The summed E-state index contributed by atoms with van der Waals surface area (Å²) in [6, 6.07) is 6.71. The molecule has 1 aliphatic heterocycles. The second kappa shape index (κ2) is 7.47. The summed E-state index contributed by atoms with van der Waals surface area (Å²) < 4.78 is 28.6. The molecule has 2 atom stereocenters. The Morgan fingerprint density at radius 3 is 2.72 bits per heavy atom. The molecule has 2 heterocycles. The normalized spacial score (nSPS) is 20.5. The number of halogens is 1. The third kappa shape index (κ3) is 4.83. The van der Waals surface area contributed by atoms with Gasteiger partial charge in [-0.15, -0.1) is 10.2 Å². The molecule has 0 bridgehead atoms. The van der Waals surface area contributed by atoms with Gasteiger partial charge in [-0.2, -0.15) is 0 Å². The fourth-order valence-electron chi connectivity index (χ4n) is 2.70. The third-order valence-corrected chi connectivity index (χ3v) is 7.04. The average Bonchev–Trinajstić information content (AvgIpc) is 3.13. The SMILES string of the molecule is CC(Sc1nnc(CC2CCS(=O)(=O)C2)o1)C(=O)c1ccc(Cl)cc1. The van der Waals surface area contributed by atoms with Gasteiger partial charge >= 0.3 is 0 Å². The van der Waals surface area contributed by atoms with Crippen LogP contribution in [-0.4, -0.2) is 41.2 Å². The summed E-state index contributed by atoms with van der Waals surface area (Å²) in [5.74, 6) is 0.777. The van der Waals surface area contributed by atoms with Gasteiger partial charge in [-0.1, -0.05) is 23.4 Å². The van der Waals surface area contributed by atoms with E-state index in [1.165, 1.54) is 11.8 Å². The van der Waals surface area contributed by atoms with Gasteiger partial charge in [0.25, 0.3) is 5.22 Å². The Labute approximate surface area is 155 Å². The summed E-state index contributed by atoms with van der Waals surface area (Å²) in [7, 11) is -2.92. The second-order valence-electron chi connectivity index (χ2n) is 6.07. The quantitative estimate of drug-likeness (QED) is 0.543. The molecule has 1 aromatic heterocycles. The first-order valence-electron chi connectivity index (χ1n) is 7.81. The minimum atomic E-state index is -2.92. The number of benzene rings is 1. The van der Waals surface area contributed by atoms with Gasteiger partial charge in [0, 0.05) is 17.0 Å². The number of carbonyl (C=O) groups is 1. The van der Waals surface area contributed by atoms with Crippen molar-refractivity contribution >= 4 is 39.0 Å². The molecule has 1 fully saturated rings. The number of sulfone groups is 1. The standard InChI is InChI=1S/C16H17ClN2O4S2/c1-10(15(20)12-2-4-13(17)5-3-12)24-16-19-18-14(23-16)8-11-6-7-25(21,22)9-11/h2-5,10-11H,6-9H2,1H3. The van der Waals surface area contributed by atoms with Crippen LogP contribution >= 0.6 is 23.4 Å². The lowest BCUT2D eigenvalue weighted by Gasteiger charge is -2.07. The van der Waals surface area contributed by atoms with E-state index in [2.05, 4.69) is 10.2 Å². The molecule has 9 heteroatoms. The van der Waals surface area contributed by atoms with Gasteiger partial charge in [0.05, 0.1) is 16.8 Å². The van der Waals surface area contributed by atoms with Crippen molar-refractivity contribution in [1.82, 2.24) is 10.2 Å². The van der Waals surface area contributed by atoms with Gasteiger partial charge in [0.1, 0.15) is 0 Å². The van der Waals surface area contributed by atoms with E-state index in [1.54, 1.807) is 31.2 Å². The highest BCUT2D eigenvalue weighted by Gasteiger charge is 2.29. The van der Waals surface area contributed by atoms with Crippen molar-refractivity contribution in [2.24, 2.45) is 5.92 Å². The Hall–Kier alpha value is -1.38. The Kier molecular flexibility index (Phi) is 5.50. The monoisotopic (exact) mass is 400 g/mol. The van der Waals surface area contributed by atoms with Gasteiger partial charge in [-0.05, 0) is 43.5 Å². The first kappa shape index (κ1) is 18.4. The van der Waals surface area contributed by atoms with E-state index in [4.69, 9.17) is 16.0 Å². The number of nitrogens with zero attached hydrogens (tertiary/aromatic N) is 2.